The number of benzene rings is 1. The highest BCUT2D eigenvalue weighted by Gasteiger charge is 2.10. The molecule has 128 valence electrons. The molecule has 0 atom stereocenters. The van der Waals surface area contributed by atoms with E-state index in [0.29, 0.717) is 24.8 Å². The second-order valence-electron chi connectivity index (χ2n) is 5.77. The molecule has 2 N–H and O–H groups in total. The molecule has 0 aliphatic heterocycles. The zero-order chi connectivity index (χ0) is 17.5. The fourth-order valence-electron chi connectivity index (χ4n) is 2.54. The van der Waals surface area contributed by atoms with Crippen LogP contribution >= 0.6 is 0 Å². The van der Waals surface area contributed by atoms with Gasteiger partial charge in [-0.2, -0.15) is 0 Å². The van der Waals surface area contributed by atoms with Crippen molar-refractivity contribution in [1.29, 1.82) is 0 Å². The second kappa shape index (κ2) is 8.40. The Bertz CT molecular complexity index is 693. The van der Waals surface area contributed by atoms with Gasteiger partial charge in [-0.05, 0) is 44.4 Å². The van der Waals surface area contributed by atoms with Gasteiger partial charge in [0.25, 0.3) is 5.91 Å². The van der Waals surface area contributed by atoms with E-state index in [9.17, 15) is 4.79 Å². The number of aromatic nitrogens is 2. The van der Waals surface area contributed by atoms with E-state index in [1.54, 1.807) is 19.4 Å². The predicted octanol–water partition coefficient (Wildman–Crippen LogP) is 2.91. The minimum atomic E-state index is -0.214. The van der Waals surface area contributed by atoms with Crippen LogP contribution in [0.25, 0.3) is 0 Å². The number of hydrogen-bond donors (Lipinski definition) is 2. The van der Waals surface area contributed by atoms with Gasteiger partial charge in [-0.3, -0.25) is 4.79 Å². The van der Waals surface area contributed by atoms with Crippen molar-refractivity contribution in [1.82, 2.24) is 15.3 Å². The summed E-state index contributed by atoms with van der Waals surface area (Å²) in [5.74, 6) is 0.198. The van der Waals surface area contributed by atoms with Crippen LogP contribution in [-0.2, 0) is 4.74 Å². The Hall–Kier alpha value is -2.47. The van der Waals surface area contributed by atoms with Gasteiger partial charge < -0.3 is 15.4 Å². The third-order valence-corrected chi connectivity index (χ3v) is 3.61. The maximum Gasteiger partial charge on any atom is 0.270 e. The lowest BCUT2D eigenvalue weighted by Gasteiger charge is -2.13. The molecule has 2 aromatic rings. The maximum absolute atomic E-state index is 12.1. The van der Waals surface area contributed by atoms with Gasteiger partial charge >= 0.3 is 0 Å². The molecular weight excluding hydrogens is 304 g/mol. The summed E-state index contributed by atoms with van der Waals surface area (Å²) in [4.78, 5) is 20.6. The average molecular weight is 328 g/mol. The van der Waals surface area contributed by atoms with Crippen LogP contribution in [0, 0.1) is 20.8 Å². The number of carbonyl (C=O) groups is 1. The van der Waals surface area contributed by atoms with Gasteiger partial charge in [0.05, 0.1) is 0 Å². The number of nitrogens with zero attached hydrogens (tertiary/aromatic N) is 2. The third kappa shape index (κ3) is 4.76. The van der Waals surface area contributed by atoms with Gasteiger partial charge in [-0.15, -0.1) is 0 Å². The predicted molar refractivity (Wildman–Crippen MR) is 94.8 cm³/mol. The molecule has 1 aromatic carbocycles. The summed E-state index contributed by atoms with van der Waals surface area (Å²) < 4.78 is 4.96. The first-order valence-electron chi connectivity index (χ1n) is 7.96. The van der Waals surface area contributed by atoms with Crippen LogP contribution < -0.4 is 10.6 Å². The molecule has 0 spiro atoms. The van der Waals surface area contributed by atoms with Gasteiger partial charge in [0.1, 0.15) is 5.69 Å². The van der Waals surface area contributed by atoms with E-state index in [2.05, 4.69) is 39.7 Å². The molecule has 1 aromatic heterocycles. The Morgan fingerprint density at radius 3 is 2.58 bits per heavy atom. The molecule has 0 bridgehead atoms. The van der Waals surface area contributed by atoms with Crippen LogP contribution in [0.1, 0.15) is 33.6 Å². The van der Waals surface area contributed by atoms with Gasteiger partial charge in [-0.25, -0.2) is 9.97 Å². The van der Waals surface area contributed by atoms with E-state index in [1.807, 2.05) is 13.8 Å². The summed E-state index contributed by atoms with van der Waals surface area (Å²) in [6, 6.07) is 5.80. The zero-order valence-electron chi connectivity index (χ0n) is 14.6. The first-order chi connectivity index (χ1) is 11.5. The number of ether oxygens (including phenoxy) is 1. The van der Waals surface area contributed by atoms with Crippen LogP contribution in [0.4, 0.5) is 11.6 Å². The number of carbonyl (C=O) groups excluding carboxylic acids is 1. The molecule has 2 rings (SSSR count). The Morgan fingerprint density at radius 2 is 1.92 bits per heavy atom. The summed E-state index contributed by atoms with van der Waals surface area (Å²) in [6.45, 7) is 7.30. The second-order valence-corrected chi connectivity index (χ2v) is 5.77. The highest BCUT2D eigenvalue weighted by Crippen LogP contribution is 2.24. The monoisotopic (exact) mass is 328 g/mol. The third-order valence-electron chi connectivity index (χ3n) is 3.61. The number of aryl methyl sites for hydroxylation is 3. The topological polar surface area (TPSA) is 76.1 Å². The lowest BCUT2D eigenvalue weighted by Crippen LogP contribution is -2.26. The van der Waals surface area contributed by atoms with Crippen LogP contribution in [0.15, 0.2) is 24.4 Å². The summed E-state index contributed by atoms with van der Waals surface area (Å²) >= 11 is 0. The average Bonchev–Trinajstić information content (AvgIpc) is 2.55. The lowest BCUT2D eigenvalue weighted by atomic mass is 10.1. The molecule has 0 aliphatic carbocycles. The SMILES string of the molecule is COCCCNC(=O)c1ccnc(Nc2c(C)cc(C)cc2C)n1. The molecule has 6 nitrogen and oxygen atoms in total. The van der Waals surface area contributed by atoms with Crippen molar-refractivity contribution in [2.24, 2.45) is 0 Å². The minimum absolute atomic E-state index is 0.214. The number of rotatable bonds is 7. The lowest BCUT2D eigenvalue weighted by molar-refractivity contribution is 0.0943. The van der Waals surface area contributed by atoms with E-state index in [-0.39, 0.29) is 5.91 Å². The van der Waals surface area contributed by atoms with Crippen LogP contribution in [0.3, 0.4) is 0 Å². The molecule has 1 heterocycles. The quantitative estimate of drug-likeness (QED) is 0.764. The molecule has 0 fully saturated rings. The standard InChI is InChI=1S/C18H24N4O2/c1-12-10-13(2)16(14(3)11-12)22-18-20-8-6-15(21-18)17(23)19-7-5-9-24-4/h6,8,10-11H,5,7,9H2,1-4H3,(H,19,23)(H,20,21,22). The van der Waals surface area contributed by atoms with E-state index in [4.69, 9.17) is 4.74 Å². The Kier molecular flexibility index (Phi) is 6.26. The maximum atomic E-state index is 12.1. The molecule has 0 unspecified atom stereocenters. The van der Waals surface area contributed by atoms with Gasteiger partial charge in [-0.1, -0.05) is 17.7 Å². The fraction of sp³-hybridized carbons (Fsp3) is 0.389. The Labute approximate surface area is 142 Å². The van der Waals surface area contributed by atoms with E-state index >= 15 is 0 Å². The van der Waals surface area contributed by atoms with E-state index in [1.165, 1.54) is 5.56 Å². The Balaban J connectivity index is 2.09. The van der Waals surface area contributed by atoms with Gasteiger partial charge in [0.15, 0.2) is 0 Å². The zero-order valence-corrected chi connectivity index (χ0v) is 14.6. The highest BCUT2D eigenvalue weighted by molar-refractivity contribution is 5.92. The smallest absolute Gasteiger partial charge is 0.270 e. The van der Waals surface area contributed by atoms with Crippen LogP contribution in [0.5, 0.6) is 0 Å². The van der Waals surface area contributed by atoms with Crippen LogP contribution in [-0.4, -0.2) is 36.1 Å². The van der Waals surface area contributed by atoms with Crippen molar-refractivity contribution < 1.29 is 9.53 Å². The molecule has 0 radical (unpaired) electrons. The van der Waals surface area contributed by atoms with Crippen LogP contribution in [0.2, 0.25) is 0 Å². The molecule has 0 saturated heterocycles. The number of amides is 1. The summed E-state index contributed by atoms with van der Waals surface area (Å²) in [6.07, 6.45) is 2.35. The van der Waals surface area contributed by atoms with Crippen molar-refractivity contribution >= 4 is 17.5 Å². The summed E-state index contributed by atoms with van der Waals surface area (Å²) in [5.41, 5.74) is 4.75. The van der Waals surface area contributed by atoms with Crippen molar-refractivity contribution in [3.63, 3.8) is 0 Å². The Morgan fingerprint density at radius 1 is 1.21 bits per heavy atom. The fourth-order valence-corrected chi connectivity index (χ4v) is 2.54. The number of methoxy groups -OCH3 is 1. The normalized spacial score (nSPS) is 10.5. The number of nitrogens with one attached hydrogen (secondary N) is 2. The van der Waals surface area contributed by atoms with Gasteiger partial charge in [0.2, 0.25) is 5.95 Å². The van der Waals surface area contributed by atoms with Gasteiger partial charge in [0, 0.05) is 32.1 Å². The first kappa shape index (κ1) is 17.9. The molecule has 0 aliphatic rings. The number of anilines is 2. The molecule has 24 heavy (non-hydrogen) atoms. The largest absolute Gasteiger partial charge is 0.385 e. The number of hydrogen-bond acceptors (Lipinski definition) is 5. The van der Waals surface area contributed by atoms with Crippen molar-refractivity contribution in [3.8, 4) is 0 Å². The molecular formula is C18H24N4O2. The van der Waals surface area contributed by atoms with E-state index in [0.717, 1.165) is 23.2 Å². The summed E-state index contributed by atoms with van der Waals surface area (Å²) in [7, 11) is 1.64. The summed E-state index contributed by atoms with van der Waals surface area (Å²) in [5, 5.41) is 6.04. The minimum Gasteiger partial charge on any atom is -0.385 e. The first-order valence-corrected chi connectivity index (χ1v) is 7.96. The van der Waals surface area contributed by atoms with E-state index < -0.39 is 0 Å². The van der Waals surface area contributed by atoms with Crippen molar-refractivity contribution in [3.05, 3.63) is 46.8 Å². The molecule has 0 saturated carbocycles. The van der Waals surface area contributed by atoms with Crippen molar-refractivity contribution in [2.75, 3.05) is 25.6 Å². The molecule has 6 heteroatoms. The van der Waals surface area contributed by atoms with Crippen molar-refractivity contribution in [2.45, 2.75) is 27.2 Å². The molecule has 1 amide bonds. The highest BCUT2D eigenvalue weighted by atomic mass is 16.5.